The molecule has 9 heteroatoms. The minimum atomic E-state index is -3.90. The summed E-state index contributed by atoms with van der Waals surface area (Å²) in [6.07, 6.45) is 1.75. The molecule has 0 radical (unpaired) electrons. The number of aryl methyl sites for hydroxylation is 1. The first-order chi connectivity index (χ1) is 14.4. The molecule has 1 atom stereocenters. The van der Waals surface area contributed by atoms with Crippen LogP contribution < -0.4 is 9.62 Å². The van der Waals surface area contributed by atoms with Gasteiger partial charge in [-0.3, -0.25) is 19.2 Å². The Balaban J connectivity index is 2.40. The van der Waals surface area contributed by atoms with Gasteiger partial charge in [0.1, 0.15) is 6.04 Å². The van der Waals surface area contributed by atoms with Crippen LogP contribution in [0.5, 0.6) is 0 Å². The van der Waals surface area contributed by atoms with Crippen molar-refractivity contribution in [3.05, 3.63) is 69.8 Å². The Labute approximate surface area is 183 Å². The summed E-state index contributed by atoms with van der Waals surface area (Å²) in [5.41, 5.74) is 0.807. The van der Waals surface area contributed by atoms with Crippen LogP contribution >= 0.6 is 0 Å². The number of non-ortho nitro benzene ring substituents is 1. The fourth-order valence-corrected chi connectivity index (χ4v) is 4.81. The number of amides is 1. The summed E-state index contributed by atoms with van der Waals surface area (Å²) in [7, 11) is -3.90. The fourth-order valence-electron chi connectivity index (χ4n) is 3.55. The summed E-state index contributed by atoms with van der Waals surface area (Å²) in [6.45, 7) is 7.10. The van der Waals surface area contributed by atoms with Gasteiger partial charge in [0, 0.05) is 17.7 Å². The molecule has 0 heterocycles. The third-order valence-corrected chi connectivity index (χ3v) is 6.09. The molecule has 2 aromatic rings. The third-order valence-electron chi connectivity index (χ3n) is 4.92. The Bertz CT molecular complexity index is 1050. The van der Waals surface area contributed by atoms with Crippen LogP contribution in [0.4, 0.5) is 11.4 Å². The average molecular weight is 448 g/mol. The molecular formula is C22H29N3O5S. The molecule has 2 aromatic carbocycles. The van der Waals surface area contributed by atoms with E-state index >= 15 is 0 Å². The van der Waals surface area contributed by atoms with E-state index < -0.39 is 32.4 Å². The first kappa shape index (κ1) is 24.3. The second kappa shape index (κ2) is 9.47. The van der Waals surface area contributed by atoms with E-state index in [2.05, 4.69) is 5.32 Å². The molecule has 0 aliphatic heterocycles. The number of benzene rings is 2. The number of rotatable bonds is 9. The highest BCUT2D eigenvalue weighted by atomic mass is 32.2. The SMILES string of the molecule is CC[C@@H](C(=O)NC(C)(C)Cc1ccccc1)N(c1cc([N+](=O)[O-])ccc1C)S(C)(=O)=O. The first-order valence-electron chi connectivity index (χ1n) is 9.96. The summed E-state index contributed by atoms with van der Waals surface area (Å²) in [5.74, 6) is -0.459. The zero-order valence-corrected chi connectivity index (χ0v) is 19.3. The third kappa shape index (κ3) is 6.27. The van der Waals surface area contributed by atoms with E-state index in [1.54, 1.807) is 13.8 Å². The minimum absolute atomic E-state index is 0.125. The van der Waals surface area contributed by atoms with Crippen molar-refractivity contribution in [3.63, 3.8) is 0 Å². The average Bonchev–Trinajstić information content (AvgIpc) is 2.65. The maximum atomic E-state index is 13.2. The summed E-state index contributed by atoms with van der Waals surface area (Å²) in [6, 6.07) is 12.6. The molecule has 0 unspecified atom stereocenters. The van der Waals surface area contributed by atoms with Gasteiger partial charge in [-0.2, -0.15) is 0 Å². The van der Waals surface area contributed by atoms with Crippen molar-refractivity contribution in [2.75, 3.05) is 10.6 Å². The van der Waals surface area contributed by atoms with Crippen molar-refractivity contribution in [1.29, 1.82) is 0 Å². The molecule has 0 saturated carbocycles. The second-order valence-corrected chi connectivity index (χ2v) is 10.1. The maximum absolute atomic E-state index is 13.2. The van der Waals surface area contributed by atoms with Crippen molar-refractivity contribution in [1.82, 2.24) is 5.32 Å². The number of carbonyl (C=O) groups is 1. The van der Waals surface area contributed by atoms with Crippen molar-refractivity contribution in [2.45, 2.75) is 52.1 Å². The molecule has 0 saturated heterocycles. The van der Waals surface area contributed by atoms with Crippen LogP contribution in [-0.2, 0) is 21.2 Å². The standard InChI is InChI=1S/C22H29N3O5S/c1-6-19(21(26)23-22(3,4)15-17-10-8-7-9-11-17)24(31(5,29)30)20-14-18(25(27)28)13-12-16(20)2/h7-14,19H,6,15H2,1-5H3,(H,23,26)/t19-/m0/s1. The van der Waals surface area contributed by atoms with Crippen LogP contribution in [0, 0.1) is 17.0 Å². The number of sulfonamides is 1. The van der Waals surface area contributed by atoms with Crippen LogP contribution in [0.1, 0.15) is 38.3 Å². The number of anilines is 1. The molecule has 2 rings (SSSR count). The van der Waals surface area contributed by atoms with Crippen LogP contribution in [0.15, 0.2) is 48.5 Å². The molecule has 8 nitrogen and oxygen atoms in total. The van der Waals surface area contributed by atoms with E-state index in [0.29, 0.717) is 12.0 Å². The monoisotopic (exact) mass is 447 g/mol. The predicted octanol–water partition coefficient (Wildman–Crippen LogP) is 3.59. The van der Waals surface area contributed by atoms with Gasteiger partial charge in [-0.25, -0.2) is 8.42 Å². The van der Waals surface area contributed by atoms with Gasteiger partial charge in [0.05, 0.1) is 16.9 Å². The number of carbonyl (C=O) groups excluding carboxylic acids is 1. The van der Waals surface area contributed by atoms with Crippen LogP contribution in [-0.4, -0.2) is 37.1 Å². The van der Waals surface area contributed by atoms with Crippen molar-refractivity contribution in [2.24, 2.45) is 0 Å². The lowest BCUT2D eigenvalue weighted by Crippen LogP contribution is -2.55. The molecule has 0 aliphatic rings. The smallest absolute Gasteiger partial charge is 0.271 e. The number of nitrogens with zero attached hydrogens (tertiary/aromatic N) is 2. The predicted molar refractivity (Wildman–Crippen MR) is 122 cm³/mol. The van der Waals surface area contributed by atoms with Crippen LogP contribution in [0.25, 0.3) is 0 Å². The number of hydrogen-bond acceptors (Lipinski definition) is 5. The van der Waals surface area contributed by atoms with Gasteiger partial charge in [-0.05, 0) is 44.7 Å². The van der Waals surface area contributed by atoms with Crippen molar-refractivity contribution in [3.8, 4) is 0 Å². The molecule has 0 bridgehead atoms. The van der Waals surface area contributed by atoms with Gasteiger partial charge in [0.15, 0.2) is 0 Å². The van der Waals surface area contributed by atoms with Gasteiger partial charge in [-0.15, -0.1) is 0 Å². The maximum Gasteiger partial charge on any atom is 0.271 e. The fraction of sp³-hybridized carbons (Fsp3) is 0.409. The van der Waals surface area contributed by atoms with E-state index in [1.165, 1.54) is 18.2 Å². The Hall–Kier alpha value is -2.94. The van der Waals surface area contributed by atoms with E-state index in [0.717, 1.165) is 16.1 Å². The van der Waals surface area contributed by atoms with Gasteiger partial charge >= 0.3 is 0 Å². The van der Waals surface area contributed by atoms with E-state index in [-0.39, 0.29) is 17.8 Å². The van der Waals surface area contributed by atoms with E-state index in [9.17, 15) is 23.3 Å². The lowest BCUT2D eigenvalue weighted by atomic mass is 9.94. The number of nitro groups is 1. The molecule has 1 amide bonds. The normalized spacial score (nSPS) is 12.8. The number of nitrogens with one attached hydrogen (secondary N) is 1. The lowest BCUT2D eigenvalue weighted by molar-refractivity contribution is -0.384. The molecule has 168 valence electrons. The molecule has 0 aliphatic carbocycles. The number of hydrogen-bond donors (Lipinski definition) is 1. The largest absolute Gasteiger partial charge is 0.349 e. The molecular weight excluding hydrogens is 418 g/mol. The van der Waals surface area contributed by atoms with Gasteiger partial charge in [0.25, 0.3) is 5.69 Å². The Morgan fingerprint density at radius 2 is 1.81 bits per heavy atom. The molecule has 0 aromatic heterocycles. The second-order valence-electron chi connectivity index (χ2n) is 8.25. The summed E-state index contributed by atoms with van der Waals surface area (Å²) >= 11 is 0. The quantitative estimate of drug-likeness (QED) is 0.467. The summed E-state index contributed by atoms with van der Waals surface area (Å²) in [4.78, 5) is 23.9. The highest BCUT2D eigenvalue weighted by Crippen LogP contribution is 2.30. The topological polar surface area (TPSA) is 110 Å². The highest BCUT2D eigenvalue weighted by Gasteiger charge is 2.35. The van der Waals surface area contributed by atoms with Gasteiger partial charge in [-0.1, -0.05) is 43.3 Å². The Morgan fingerprint density at radius 3 is 2.32 bits per heavy atom. The Morgan fingerprint density at radius 1 is 1.19 bits per heavy atom. The van der Waals surface area contributed by atoms with Crippen molar-refractivity contribution < 1.29 is 18.1 Å². The van der Waals surface area contributed by atoms with E-state index in [4.69, 9.17) is 0 Å². The van der Waals surface area contributed by atoms with Crippen molar-refractivity contribution >= 4 is 27.3 Å². The summed E-state index contributed by atoms with van der Waals surface area (Å²) < 4.78 is 26.4. The number of nitro benzene ring substituents is 1. The molecule has 31 heavy (non-hydrogen) atoms. The van der Waals surface area contributed by atoms with E-state index in [1.807, 2.05) is 44.2 Å². The minimum Gasteiger partial charge on any atom is -0.349 e. The molecule has 0 spiro atoms. The van der Waals surface area contributed by atoms with Gasteiger partial charge in [0.2, 0.25) is 15.9 Å². The Kier molecular flexibility index (Phi) is 7.43. The molecule has 1 N–H and O–H groups in total. The highest BCUT2D eigenvalue weighted by molar-refractivity contribution is 7.92. The first-order valence-corrected chi connectivity index (χ1v) is 11.8. The zero-order chi connectivity index (χ0) is 23.4. The van der Waals surface area contributed by atoms with Gasteiger partial charge < -0.3 is 5.32 Å². The van der Waals surface area contributed by atoms with Crippen LogP contribution in [0.3, 0.4) is 0 Å². The zero-order valence-electron chi connectivity index (χ0n) is 18.5. The molecule has 0 fully saturated rings. The lowest BCUT2D eigenvalue weighted by Gasteiger charge is -2.34. The summed E-state index contributed by atoms with van der Waals surface area (Å²) in [5, 5.41) is 14.2. The van der Waals surface area contributed by atoms with Crippen LogP contribution in [0.2, 0.25) is 0 Å².